The van der Waals surface area contributed by atoms with Gasteiger partial charge in [-0.15, -0.1) is 0 Å². The second-order valence-electron chi connectivity index (χ2n) is 2.75. The van der Waals surface area contributed by atoms with Crippen LogP contribution in [0.4, 0.5) is 0 Å². The van der Waals surface area contributed by atoms with E-state index in [-0.39, 0.29) is 5.75 Å². The number of nitrogens with zero attached hydrogens (tertiary/aromatic N) is 2. The van der Waals surface area contributed by atoms with Gasteiger partial charge in [0.1, 0.15) is 10.9 Å². The summed E-state index contributed by atoms with van der Waals surface area (Å²) in [6, 6.07) is 8.33. The molecule has 0 saturated carbocycles. The van der Waals surface area contributed by atoms with Gasteiger partial charge in [-0.05, 0) is 18.2 Å². The van der Waals surface area contributed by atoms with Crippen molar-refractivity contribution in [3.05, 3.63) is 41.7 Å². The molecule has 1 heterocycles. The fraction of sp³-hybridized carbons (Fsp3) is 0. The molecule has 70 valence electrons. The van der Waals surface area contributed by atoms with Crippen molar-refractivity contribution in [3.63, 3.8) is 0 Å². The fourth-order valence-corrected chi connectivity index (χ4v) is 1.26. The molecule has 0 aliphatic rings. The number of aromatic hydroxyl groups is 1. The van der Waals surface area contributed by atoms with E-state index in [0.29, 0.717) is 11.0 Å². The summed E-state index contributed by atoms with van der Waals surface area (Å²) >= 11 is 5.72. The van der Waals surface area contributed by atoms with Crippen molar-refractivity contribution in [2.75, 3.05) is 0 Å². The summed E-state index contributed by atoms with van der Waals surface area (Å²) in [7, 11) is 0. The van der Waals surface area contributed by atoms with E-state index in [0.717, 1.165) is 5.56 Å². The maximum Gasteiger partial charge on any atom is 0.160 e. The van der Waals surface area contributed by atoms with Crippen LogP contribution in [0.3, 0.4) is 0 Å². The van der Waals surface area contributed by atoms with Crippen LogP contribution >= 0.6 is 11.6 Å². The Morgan fingerprint density at radius 2 is 2.07 bits per heavy atom. The molecule has 2 aromatic rings. The van der Waals surface area contributed by atoms with Crippen LogP contribution < -0.4 is 0 Å². The summed E-state index contributed by atoms with van der Waals surface area (Å²) in [6.45, 7) is 0. The van der Waals surface area contributed by atoms with Gasteiger partial charge in [-0.2, -0.15) is 0 Å². The lowest BCUT2D eigenvalue weighted by molar-refractivity contribution is 0.475. The number of benzene rings is 1. The second kappa shape index (κ2) is 3.64. The maximum absolute atomic E-state index is 9.26. The first-order valence-corrected chi connectivity index (χ1v) is 4.41. The molecule has 3 nitrogen and oxygen atoms in total. The highest BCUT2D eigenvalue weighted by atomic mass is 35.5. The minimum absolute atomic E-state index is 0.186. The SMILES string of the molecule is Oc1cccc(-c2nccc(Cl)n2)c1. The van der Waals surface area contributed by atoms with Crippen LogP contribution in [0.5, 0.6) is 5.75 Å². The number of hydrogen-bond acceptors (Lipinski definition) is 3. The zero-order chi connectivity index (χ0) is 9.97. The summed E-state index contributed by atoms with van der Waals surface area (Å²) < 4.78 is 0. The van der Waals surface area contributed by atoms with Gasteiger partial charge in [-0.3, -0.25) is 0 Å². The third kappa shape index (κ3) is 1.83. The number of hydrogen-bond donors (Lipinski definition) is 1. The molecule has 1 aromatic carbocycles. The molecule has 0 radical (unpaired) electrons. The topological polar surface area (TPSA) is 46.0 Å². The fourth-order valence-electron chi connectivity index (χ4n) is 1.12. The summed E-state index contributed by atoms with van der Waals surface area (Å²) in [5.41, 5.74) is 0.743. The summed E-state index contributed by atoms with van der Waals surface area (Å²) in [6.07, 6.45) is 1.58. The maximum atomic E-state index is 9.26. The van der Waals surface area contributed by atoms with Crippen molar-refractivity contribution in [1.82, 2.24) is 9.97 Å². The van der Waals surface area contributed by atoms with Crippen LogP contribution in [0.1, 0.15) is 0 Å². The van der Waals surface area contributed by atoms with Crippen LogP contribution in [0, 0.1) is 0 Å². The average molecular weight is 207 g/mol. The van der Waals surface area contributed by atoms with Gasteiger partial charge in [0.15, 0.2) is 5.82 Å². The van der Waals surface area contributed by atoms with Gasteiger partial charge in [0.2, 0.25) is 0 Å². The van der Waals surface area contributed by atoms with E-state index < -0.39 is 0 Å². The van der Waals surface area contributed by atoms with E-state index in [1.807, 2.05) is 6.07 Å². The third-order valence-electron chi connectivity index (χ3n) is 1.73. The predicted octanol–water partition coefficient (Wildman–Crippen LogP) is 2.50. The molecule has 0 unspecified atom stereocenters. The predicted molar refractivity (Wildman–Crippen MR) is 54.1 cm³/mol. The van der Waals surface area contributed by atoms with Gasteiger partial charge in [0.25, 0.3) is 0 Å². The normalized spacial score (nSPS) is 10.1. The van der Waals surface area contributed by atoms with E-state index in [9.17, 15) is 5.11 Å². The summed E-state index contributed by atoms with van der Waals surface area (Å²) in [4.78, 5) is 8.07. The van der Waals surface area contributed by atoms with Crippen molar-refractivity contribution in [2.45, 2.75) is 0 Å². The molecule has 0 aliphatic heterocycles. The molecule has 1 N–H and O–H groups in total. The first-order valence-electron chi connectivity index (χ1n) is 4.03. The Kier molecular flexibility index (Phi) is 2.33. The summed E-state index contributed by atoms with van der Waals surface area (Å²) in [5, 5.41) is 9.64. The molecule has 4 heteroatoms. The molecule has 0 aliphatic carbocycles. The van der Waals surface area contributed by atoms with Crippen LogP contribution in [0.25, 0.3) is 11.4 Å². The quantitative estimate of drug-likeness (QED) is 0.730. The van der Waals surface area contributed by atoms with E-state index in [4.69, 9.17) is 11.6 Å². The van der Waals surface area contributed by atoms with Crippen molar-refractivity contribution < 1.29 is 5.11 Å². The van der Waals surface area contributed by atoms with E-state index >= 15 is 0 Å². The lowest BCUT2D eigenvalue weighted by Crippen LogP contribution is -1.87. The second-order valence-corrected chi connectivity index (χ2v) is 3.14. The van der Waals surface area contributed by atoms with Gasteiger partial charge in [-0.25, -0.2) is 9.97 Å². The highest BCUT2D eigenvalue weighted by Crippen LogP contribution is 2.20. The van der Waals surface area contributed by atoms with E-state index in [1.165, 1.54) is 0 Å². The highest BCUT2D eigenvalue weighted by molar-refractivity contribution is 6.29. The lowest BCUT2D eigenvalue weighted by atomic mass is 10.2. The highest BCUT2D eigenvalue weighted by Gasteiger charge is 2.01. The Morgan fingerprint density at radius 1 is 1.21 bits per heavy atom. The van der Waals surface area contributed by atoms with Gasteiger partial charge >= 0.3 is 0 Å². The van der Waals surface area contributed by atoms with Gasteiger partial charge in [-0.1, -0.05) is 23.7 Å². The summed E-state index contributed by atoms with van der Waals surface area (Å²) in [5.74, 6) is 0.694. The molecular formula is C10H7ClN2O. The van der Waals surface area contributed by atoms with Gasteiger partial charge in [0.05, 0.1) is 0 Å². The molecule has 0 atom stereocenters. The minimum atomic E-state index is 0.186. The number of halogens is 1. The first kappa shape index (κ1) is 8.97. The number of phenols is 1. The largest absolute Gasteiger partial charge is 0.508 e. The zero-order valence-corrected chi connectivity index (χ0v) is 7.94. The Morgan fingerprint density at radius 3 is 2.79 bits per heavy atom. The molecule has 1 aromatic heterocycles. The molecule has 0 bridgehead atoms. The van der Waals surface area contributed by atoms with Crippen molar-refractivity contribution in [1.29, 1.82) is 0 Å². The Balaban J connectivity index is 2.49. The third-order valence-corrected chi connectivity index (χ3v) is 1.94. The zero-order valence-electron chi connectivity index (χ0n) is 7.18. The Labute approximate surface area is 86.0 Å². The van der Waals surface area contributed by atoms with Crippen molar-refractivity contribution in [3.8, 4) is 17.1 Å². The van der Waals surface area contributed by atoms with Gasteiger partial charge < -0.3 is 5.11 Å². The standard InChI is InChI=1S/C10H7ClN2O/c11-9-4-5-12-10(13-9)7-2-1-3-8(14)6-7/h1-6,14H. The number of phenolic OH excluding ortho intramolecular Hbond substituents is 1. The molecule has 14 heavy (non-hydrogen) atoms. The molecule has 0 saturated heterocycles. The van der Waals surface area contributed by atoms with Crippen LogP contribution in [-0.2, 0) is 0 Å². The number of aromatic nitrogens is 2. The van der Waals surface area contributed by atoms with E-state index in [2.05, 4.69) is 9.97 Å². The van der Waals surface area contributed by atoms with Crippen LogP contribution in [0.15, 0.2) is 36.5 Å². The van der Waals surface area contributed by atoms with E-state index in [1.54, 1.807) is 30.5 Å². The molecule has 0 spiro atoms. The van der Waals surface area contributed by atoms with Crippen LogP contribution in [0.2, 0.25) is 5.15 Å². The molecule has 0 amide bonds. The molecular weight excluding hydrogens is 200 g/mol. The van der Waals surface area contributed by atoms with Crippen LogP contribution in [-0.4, -0.2) is 15.1 Å². The minimum Gasteiger partial charge on any atom is -0.508 e. The van der Waals surface area contributed by atoms with Gasteiger partial charge in [0, 0.05) is 11.8 Å². The number of rotatable bonds is 1. The lowest BCUT2D eigenvalue weighted by Gasteiger charge is -1.99. The molecule has 2 rings (SSSR count). The Hall–Kier alpha value is -1.61. The average Bonchev–Trinajstić information content (AvgIpc) is 2.18. The Bertz CT molecular complexity index is 416. The smallest absolute Gasteiger partial charge is 0.160 e. The molecule has 0 fully saturated rings. The van der Waals surface area contributed by atoms with Crippen molar-refractivity contribution in [2.24, 2.45) is 0 Å². The van der Waals surface area contributed by atoms with Crippen molar-refractivity contribution >= 4 is 11.6 Å². The first-order chi connectivity index (χ1) is 6.75. The monoisotopic (exact) mass is 206 g/mol.